The number of amides is 2. The maximum Gasteiger partial charge on any atom is 0.561 e. The Morgan fingerprint density at radius 3 is 3.00 bits per heavy atom. The molecule has 0 aromatic heterocycles. The molecule has 4 nitrogen and oxygen atoms in total. The standard InChI is InChI=1S/C4H4N3O/c1-3-2-5-7-4(8)6-3/h1H3,(H,6,8)/q+1. The van der Waals surface area contributed by atoms with Crippen molar-refractivity contribution < 1.29 is 4.79 Å². The summed E-state index contributed by atoms with van der Waals surface area (Å²) in [5.74, 6) is 0. The van der Waals surface area contributed by atoms with Crippen LogP contribution in [0.15, 0.2) is 10.8 Å². The Labute approximate surface area is 46.3 Å². The lowest BCUT2D eigenvalue weighted by Crippen LogP contribution is -2.25. The van der Waals surface area contributed by atoms with E-state index in [0.717, 1.165) is 0 Å². The molecule has 1 aliphatic rings. The van der Waals surface area contributed by atoms with Gasteiger partial charge in [-0.05, 0) is 5.11 Å². The molecule has 2 amide bonds. The lowest BCUT2D eigenvalue weighted by molar-refractivity contribution is 0.245. The van der Waals surface area contributed by atoms with Crippen LogP contribution in [0.2, 0.25) is 0 Å². The highest BCUT2D eigenvalue weighted by atomic mass is 16.2. The van der Waals surface area contributed by atoms with Gasteiger partial charge in [-0.15, -0.1) is 0 Å². The Hall–Kier alpha value is -1.19. The van der Waals surface area contributed by atoms with Crippen LogP contribution in [0, 0.1) is 6.20 Å². The van der Waals surface area contributed by atoms with Crippen molar-refractivity contribution in [3.05, 3.63) is 11.9 Å². The fraction of sp³-hybridized carbons (Fsp3) is 0.250. The summed E-state index contributed by atoms with van der Waals surface area (Å²) >= 11 is 0. The summed E-state index contributed by atoms with van der Waals surface area (Å²) in [7, 11) is 0. The van der Waals surface area contributed by atoms with Crippen molar-refractivity contribution in [3.63, 3.8) is 0 Å². The summed E-state index contributed by atoms with van der Waals surface area (Å²) < 4.78 is 0. The topological polar surface area (TPSA) is 55.6 Å². The first kappa shape index (κ1) is 4.96. The normalized spacial score (nSPS) is 17.6. The number of allylic oxidation sites excluding steroid dienone is 1. The average molecular weight is 110 g/mol. The second-order valence-corrected chi connectivity index (χ2v) is 1.37. The number of nitrogens with one attached hydrogen (secondary N) is 1. The van der Waals surface area contributed by atoms with Crippen LogP contribution in [0.3, 0.4) is 0 Å². The molecular formula is C4H4N3O+. The summed E-state index contributed by atoms with van der Waals surface area (Å²) in [6, 6.07) is -0.429. The number of hydrogen-bond acceptors (Lipinski definition) is 2. The van der Waals surface area contributed by atoms with Crippen LogP contribution in [0.25, 0.3) is 0 Å². The second kappa shape index (κ2) is 1.73. The molecule has 0 fully saturated rings. The first-order valence-corrected chi connectivity index (χ1v) is 2.10. The van der Waals surface area contributed by atoms with Gasteiger partial charge < -0.3 is 0 Å². The van der Waals surface area contributed by atoms with Crippen LogP contribution in [-0.4, -0.2) is 6.03 Å². The third-order valence-corrected chi connectivity index (χ3v) is 0.653. The SMILES string of the molecule is CC1=[C]N=[N+]C(=O)N1. The van der Waals surface area contributed by atoms with E-state index in [2.05, 4.69) is 21.7 Å². The molecule has 0 aliphatic carbocycles. The number of carbonyl (C=O) groups is 1. The van der Waals surface area contributed by atoms with Gasteiger partial charge in [-0.3, -0.25) is 0 Å². The number of carbonyl (C=O) groups excluding carboxylic acids is 1. The fourth-order valence-corrected chi connectivity index (χ4v) is 0.359. The lowest BCUT2D eigenvalue weighted by atomic mass is 10.5. The zero-order valence-electron chi connectivity index (χ0n) is 4.30. The smallest absolute Gasteiger partial charge is 0.201 e. The zero-order valence-corrected chi connectivity index (χ0v) is 4.30. The molecule has 0 aromatic carbocycles. The largest absolute Gasteiger partial charge is 0.561 e. The monoisotopic (exact) mass is 110 g/mol. The minimum absolute atomic E-state index is 0.429. The first-order chi connectivity index (χ1) is 3.79. The quantitative estimate of drug-likeness (QED) is 0.474. The van der Waals surface area contributed by atoms with Crippen LogP contribution in [-0.2, 0) is 0 Å². The number of nitrogens with zero attached hydrogens (tertiary/aromatic N) is 2. The summed E-state index contributed by atoms with van der Waals surface area (Å²) in [4.78, 5) is 10.2. The predicted molar refractivity (Wildman–Crippen MR) is 25.5 cm³/mol. The average Bonchev–Trinajstić information content (AvgIpc) is 1.64. The van der Waals surface area contributed by atoms with Crippen molar-refractivity contribution >= 4 is 6.03 Å². The van der Waals surface area contributed by atoms with Crippen LogP contribution >= 0.6 is 0 Å². The highest BCUT2D eigenvalue weighted by Crippen LogP contribution is 1.88. The van der Waals surface area contributed by atoms with Crippen molar-refractivity contribution in [2.45, 2.75) is 6.92 Å². The maximum atomic E-state index is 10.2. The lowest BCUT2D eigenvalue weighted by Gasteiger charge is -1.88. The third kappa shape index (κ3) is 0.900. The molecule has 0 spiro atoms. The van der Waals surface area contributed by atoms with E-state index in [-0.39, 0.29) is 0 Å². The van der Waals surface area contributed by atoms with Gasteiger partial charge in [0.2, 0.25) is 0 Å². The van der Waals surface area contributed by atoms with E-state index >= 15 is 0 Å². The molecule has 0 atom stereocenters. The number of rotatable bonds is 0. The molecule has 1 N–H and O–H groups in total. The van der Waals surface area contributed by atoms with Crippen molar-refractivity contribution in [1.82, 2.24) is 10.4 Å². The molecule has 1 rings (SSSR count). The minimum Gasteiger partial charge on any atom is -0.201 e. The van der Waals surface area contributed by atoms with E-state index in [1.165, 1.54) is 0 Å². The van der Waals surface area contributed by atoms with Crippen molar-refractivity contribution in [2.75, 3.05) is 0 Å². The van der Waals surface area contributed by atoms with Gasteiger partial charge >= 0.3 is 6.03 Å². The summed E-state index contributed by atoms with van der Waals surface area (Å²) in [5.41, 5.74) is 0.602. The van der Waals surface area contributed by atoms with E-state index in [1.807, 2.05) is 0 Å². The molecule has 1 aliphatic heterocycles. The first-order valence-electron chi connectivity index (χ1n) is 2.10. The van der Waals surface area contributed by atoms with Crippen LogP contribution in [0.1, 0.15) is 6.92 Å². The molecule has 0 saturated carbocycles. The van der Waals surface area contributed by atoms with E-state index < -0.39 is 6.03 Å². The molecule has 0 aromatic rings. The van der Waals surface area contributed by atoms with Crippen molar-refractivity contribution in [2.24, 2.45) is 5.11 Å². The van der Waals surface area contributed by atoms with Gasteiger partial charge in [-0.1, -0.05) is 0 Å². The van der Waals surface area contributed by atoms with E-state index in [4.69, 9.17) is 0 Å². The van der Waals surface area contributed by atoms with E-state index in [0.29, 0.717) is 5.70 Å². The summed E-state index contributed by atoms with van der Waals surface area (Å²) in [6.45, 7) is 1.69. The van der Waals surface area contributed by atoms with Crippen LogP contribution < -0.4 is 10.4 Å². The number of urea groups is 1. The van der Waals surface area contributed by atoms with Crippen molar-refractivity contribution in [3.8, 4) is 0 Å². The highest BCUT2D eigenvalue weighted by molar-refractivity contribution is 5.74. The Bertz CT molecular complexity index is 170. The third-order valence-electron chi connectivity index (χ3n) is 0.653. The van der Waals surface area contributed by atoms with Gasteiger partial charge in [-0.2, -0.15) is 4.79 Å². The molecule has 40 valence electrons. The Balaban J connectivity index is 2.73. The van der Waals surface area contributed by atoms with Gasteiger partial charge in [0, 0.05) is 6.92 Å². The van der Waals surface area contributed by atoms with Crippen LogP contribution in [0.5, 0.6) is 0 Å². The Morgan fingerprint density at radius 2 is 2.62 bits per heavy atom. The molecule has 0 bridgehead atoms. The van der Waals surface area contributed by atoms with Crippen molar-refractivity contribution in [1.29, 1.82) is 0 Å². The van der Waals surface area contributed by atoms with Gasteiger partial charge in [0.05, 0.1) is 0 Å². The molecule has 2 radical (unpaired) electrons. The van der Waals surface area contributed by atoms with E-state index in [1.54, 1.807) is 6.92 Å². The zero-order chi connectivity index (χ0) is 5.98. The molecule has 4 heteroatoms. The molecule has 1 heterocycles. The fourth-order valence-electron chi connectivity index (χ4n) is 0.359. The number of azo groups is 1. The van der Waals surface area contributed by atoms with Gasteiger partial charge in [0.15, 0.2) is 6.20 Å². The molecule has 0 unspecified atom stereocenters. The van der Waals surface area contributed by atoms with Gasteiger partial charge in [-0.25, -0.2) is 5.32 Å². The highest BCUT2D eigenvalue weighted by Gasteiger charge is 2.14. The minimum atomic E-state index is -0.429. The Morgan fingerprint density at radius 1 is 1.88 bits per heavy atom. The second-order valence-electron chi connectivity index (χ2n) is 1.37. The van der Waals surface area contributed by atoms with Gasteiger partial charge in [0.25, 0.3) is 0 Å². The van der Waals surface area contributed by atoms with Crippen LogP contribution in [0.4, 0.5) is 4.79 Å². The number of hydrogen-bond donors (Lipinski definition) is 1. The molecule has 0 saturated heterocycles. The molecular weight excluding hydrogens is 106 g/mol. The molecule has 8 heavy (non-hydrogen) atoms. The predicted octanol–water partition coefficient (Wildman–Crippen LogP) is 0.162. The van der Waals surface area contributed by atoms with Gasteiger partial charge in [0.1, 0.15) is 10.8 Å². The summed E-state index contributed by atoms with van der Waals surface area (Å²) in [6.07, 6.45) is 2.46. The van der Waals surface area contributed by atoms with E-state index in [9.17, 15) is 4.79 Å². The Kier molecular flexibility index (Phi) is 1.07. The summed E-state index contributed by atoms with van der Waals surface area (Å²) in [5, 5.41) is 8.77. The maximum absolute atomic E-state index is 10.2.